The number of carbonyl (C=O) groups is 4. The monoisotopic (exact) mass is 633 g/mol. The molecule has 264 valence electrons. The first-order valence-electron chi connectivity index (χ1n) is 18.0. The van der Waals surface area contributed by atoms with Gasteiger partial charge >= 0.3 is 23.9 Å². The van der Waals surface area contributed by atoms with E-state index in [2.05, 4.69) is 27.7 Å². The van der Waals surface area contributed by atoms with Gasteiger partial charge in [-0.15, -0.1) is 0 Å². The van der Waals surface area contributed by atoms with Crippen molar-refractivity contribution in [2.24, 2.45) is 0 Å². The van der Waals surface area contributed by atoms with Gasteiger partial charge in [0.05, 0.1) is 0 Å². The lowest BCUT2D eigenvalue weighted by molar-refractivity contribution is -0.138. The van der Waals surface area contributed by atoms with Gasteiger partial charge in [-0.25, -0.2) is 0 Å². The van der Waals surface area contributed by atoms with Crippen LogP contribution in [0.1, 0.15) is 207 Å². The van der Waals surface area contributed by atoms with Crippen molar-refractivity contribution in [3.8, 4) is 0 Å². The van der Waals surface area contributed by atoms with Crippen LogP contribution in [0, 0.1) is 0 Å². The molecule has 0 aliphatic rings. The second kappa shape index (κ2) is 45.3. The number of carboxylic acid groups (broad SMARTS) is 4. The molecule has 0 atom stereocenters. The molecule has 44 heavy (non-hydrogen) atoms. The van der Waals surface area contributed by atoms with Gasteiger partial charge in [0.15, 0.2) is 0 Å². The Balaban J connectivity index is -0.000000243. The number of hydrogen-bond donors (Lipinski definition) is 4. The quantitative estimate of drug-likeness (QED) is 0.0622. The summed E-state index contributed by atoms with van der Waals surface area (Å²) in [5.41, 5.74) is 0. The third-order valence-corrected chi connectivity index (χ3v) is 6.98. The molecular formula is C36H72O8. The van der Waals surface area contributed by atoms with Crippen molar-refractivity contribution in [2.75, 3.05) is 0 Å². The van der Waals surface area contributed by atoms with Gasteiger partial charge in [-0.2, -0.15) is 0 Å². The number of unbranched alkanes of at least 4 members (excludes halogenated alkanes) is 20. The Kier molecular flexibility index (Phi) is 50.2. The van der Waals surface area contributed by atoms with E-state index in [9.17, 15) is 19.2 Å². The van der Waals surface area contributed by atoms with Gasteiger partial charge in [0.25, 0.3) is 0 Å². The van der Waals surface area contributed by atoms with Crippen LogP contribution in [0.4, 0.5) is 0 Å². The predicted octanol–water partition coefficient (Wildman–Crippen LogP) is 11.3. The summed E-state index contributed by atoms with van der Waals surface area (Å²) >= 11 is 0. The molecule has 0 radical (unpaired) electrons. The minimum absolute atomic E-state index is 0.337. The molecule has 8 heteroatoms. The van der Waals surface area contributed by atoms with Gasteiger partial charge in [-0.3, -0.25) is 19.2 Å². The fraction of sp³-hybridized carbons (Fsp3) is 0.889. The number of aliphatic carboxylic acids is 4. The maximum absolute atomic E-state index is 10.1. The van der Waals surface area contributed by atoms with E-state index in [-0.39, 0.29) is 0 Å². The minimum Gasteiger partial charge on any atom is -0.481 e. The van der Waals surface area contributed by atoms with E-state index < -0.39 is 23.9 Å². The molecule has 0 unspecified atom stereocenters. The highest BCUT2D eigenvalue weighted by molar-refractivity contribution is 5.67. The summed E-state index contributed by atoms with van der Waals surface area (Å²) in [6, 6.07) is 0. The van der Waals surface area contributed by atoms with E-state index in [1.165, 1.54) is 103 Å². The van der Waals surface area contributed by atoms with Crippen LogP contribution >= 0.6 is 0 Å². The summed E-state index contributed by atoms with van der Waals surface area (Å²) in [5, 5.41) is 33.2. The fourth-order valence-corrected chi connectivity index (χ4v) is 4.23. The fourth-order valence-electron chi connectivity index (χ4n) is 4.23. The summed E-state index contributed by atoms with van der Waals surface area (Å²) in [6.45, 7) is 8.70. The Morgan fingerprint density at radius 1 is 0.273 bits per heavy atom. The first kappa shape index (κ1) is 48.8. The SMILES string of the molecule is CCCCCCCC(=O)O.CCCCCCCC(=O)O.CCCCCCCCCC(=O)O.CCCCCCCCCC(=O)O. The van der Waals surface area contributed by atoms with Gasteiger partial charge < -0.3 is 20.4 Å². The Bertz CT molecular complexity index is 555. The van der Waals surface area contributed by atoms with Crippen molar-refractivity contribution in [3.63, 3.8) is 0 Å². The van der Waals surface area contributed by atoms with Gasteiger partial charge in [-0.05, 0) is 25.7 Å². The average Bonchev–Trinajstić information content (AvgIpc) is 2.96. The van der Waals surface area contributed by atoms with Crippen LogP contribution in [0.2, 0.25) is 0 Å². The lowest BCUT2D eigenvalue weighted by atomic mass is 10.1. The van der Waals surface area contributed by atoms with Gasteiger partial charge in [-0.1, -0.05) is 156 Å². The number of carboxylic acids is 4. The smallest absolute Gasteiger partial charge is 0.303 e. The summed E-state index contributed by atoms with van der Waals surface area (Å²) in [7, 11) is 0. The molecule has 0 aromatic carbocycles. The van der Waals surface area contributed by atoms with Crippen molar-refractivity contribution < 1.29 is 39.6 Å². The lowest BCUT2D eigenvalue weighted by Crippen LogP contribution is -1.93. The standard InChI is InChI=1S/2C10H20O2.2C8H16O2/c2*1-2-3-4-5-6-7-8-9-10(11)12;2*1-2-3-4-5-6-7-8(9)10/h2*2-9H2,1H3,(H,11,12);2*2-7H2,1H3,(H,9,10). The van der Waals surface area contributed by atoms with E-state index in [0.29, 0.717) is 25.7 Å². The second-order valence-electron chi connectivity index (χ2n) is 11.6. The normalized spacial score (nSPS) is 9.91. The molecule has 0 spiro atoms. The highest BCUT2D eigenvalue weighted by Gasteiger charge is 1.97. The van der Waals surface area contributed by atoms with Crippen molar-refractivity contribution in [2.45, 2.75) is 207 Å². The van der Waals surface area contributed by atoms with E-state index in [1.807, 2.05) is 0 Å². The lowest BCUT2D eigenvalue weighted by Gasteiger charge is -1.98. The number of hydrogen-bond acceptors (Lipinski definition) is 4. The molecule has 0 bridgehead atoms. The van der Waals surface area contributed by atoms with Gasteiger partial charge in [0.1, 0.15) is 0 Å². The first-order chi connectivity index (χ1) is 21.1. The van der Waals surface area contributed by atoms with E-state index in [4.69, 9.17) is 20.4 Å². The number of rotatable bonds is 28. The van der Waals surface area contributed by atoms with Gasteiger partial charge in [0, 0.05) is 25.7 Å². The van der Waals surface area contributed by atoms with Crippen LogP contribution < -0.4 is 0 Å². The van der Waals surface area contributed by atoms with Crippen molar-refractivity contribution in [1.82, 2.24) is 0 Å². The van der Waals surface area contributed by atoms with Crippen molar-refractivity contribution in [3.05, 3.63) is 0 Å². The van der Waals surface area contributed by atoms with Crippen LogP contribution in [0.25, 0.3) is 0 Å². The average molecular weight is 633 g/mol. The summed E-state index contributed by atoms with van der Waals surface area (Å²) in [5.74, 6) is -2.67. The zero-order valence-corrected chi connectivity index (χ0v) is 29.2. The Morgan fingerprint density at radius 2 is 0.409 bits per heavy atom. The largest absolute Gasteiger partial charge is 0.481 e. The van der Waals surface area contributed by atoms with Crippen molar-refractivity contribution in [1.29, 1.82) is 0 Å². The third kappa shape index (κ3) is 67.5. The topological polar surface area (TPSA) is 149 Å². The Hall–Kier alpha value is -2.12. The van der Waals surface area contributed by atoms with Crippen LogP contribution in [0.5, 0.6) is 0 Å². The van der Waals surface area contributed by atoms with E-state index >= 15 is 0 Å². The Labute approximate surface area is 270 Å². The zero-order chi connectivity index (χ0) is 34.1. The molecule has 0 rings (SSSR count). The summed E-state index contributed by atoms with van der Waals surface area (Å²) < 4.78 is 0. The first-order valence-corrected chi connectivity index (χ1v) is 18.0. The van der Waals surface area contributed by atoms with Crippen LogP contribution in [-0.2, 0) is 19.2 Å². The molecule has 0 aliphatic heterocycles. The second-order valence-corrected chi connectivity index (χ2v) is 11.6. The van der Waals surface area contributed by atoms with Crippen LogP contribution in [-0.4, -0.2) is 44.3 Å². The molecule has 0 heterocycles. The maximum Gasteiger partial charge on any atom is 0.303 e. The highest BCUT2D eigenvalue weighted by Crippen LogP contribution is 2.09. The molecule has 0 saturated heterocycles. The molecule has 0 fully saturated rings. The predicted molar refractivity (Wildman–Crippen MR) is 183 cm³/mol. The molecule has 0 amide bonds. The molecule has 0 saturated carbocycles. The highest BCUT2D eigenvalue weighted by atomic mass is 16.4. The zero-order valence-electron chi connectivity index (χ0n) is 29.2. The molecular weight excluding hydrogens is 560 g/mol. The summed E-state index contributed by atoms with van der Waals surface area (Å²) in [6.07, 6.45) is 29.1. The molecule has 0 aliphatic carbocycles. The molecule has 8 nitrogen and oxygen atoms in total. The van der Waals surface area contributed by atoms with Crippen LogP contribution in [0.15, 0.2) is 0 Å². The van der Waals surface area contributed by atoms with Crippen molar-refractivity contribution >= 4 is 23.9 Å². The minimum atomic E-state index is -0.670. The molecule has 0 aromatic rings. The van der Waals surface area contributed by atoms with E-state index in [1.54, 1.807) is 0 Å². The van der Waals surface area contributed by atoms with E-state index in [0.717, 1.165) is 51.4 Å². The Morgan fingerprint density at radius 3 is 0.545 bits per heavy atom. The molecule has 4 N–H and O–H groups in total. The summed E-state index contributed by atoms with van der Waals surface area (Å²) in [4.78, 5) is 40.3. The van der Waals surface area contributed by atoms with Gasteiger partial charge in [0.2, 0.25) is 0 Å². The van der Waals surface area contributed by atoms with Crippen LogP contribution in [0.3, 0.4) is 0 Å². The molecule has 0 aromatic heterocycles. The third-order valence-electron chi connectivity index (χ3n) is 6.98. The maximum atomic E-state index is 10.1.